The minimum absolute atomic E-state index is 0.0190. The Morgan fingerprint density at radius 2 is 1.68 bits per heavy atom. The van der Waals surface area contributed by atoms with Crippen molar-refractivity contribution in [3.8, 4) is 5.75 Å². The molecule has 1 aromatic heterocycles. The fourth-order valence-corrected chi connectivity index (χ4v) is 14.4. The van der Waals surface area contributed by atoms with Crippen LogP contribution in [0.2, 0.25) is 18.6 Å². The summed E-state index contributed by atoms with van der Waals surface area (Å²) in [5.41, 5.74) is 6.79. The van der Waals surface area contributed by atoms with Crippen LogP contribution in [0.25, 0.3) is 0 Å². The Kier molecular flexibility index (Phi) is 13.5. The van der Waals surface area contributed by atoms with Crippen molar-refractivity contribution in [2.45, 2.75) is 103 Å². The number of aromatic nitrogens is 3. The number of allylic oxidation sites excluding steroid dienone is 3. The van der Waals surface area contributed by atoms with Gasteiger partial charge in [-0.1, -0.05) is 127 Å². The summed E-state index contributed by atoms with van der Waals surface area (Å²) in [5, 5.41) is 27.2. The first kappa shape index (κ1) is 45.6. The molecule has 338 valence electrons. The van der Waals surface area contributed by atoms with E-state index in [0.29, 0.717) is 43.7 Å². The van der Waals surface area contributed by atoms with Crippen molar-refractivity contribution in [3.63, 3.8) is 0 Å². The van der Waals surface area contributed by atoms with E-state index in [1.165, 1.54) is 21.3 Å². The average molecular weight is 891 g/mol. The van der Waals surface area contributed by atoms with Gasteiger partial charge in [0.2, 0.25) is 5.91 Å². The van der Waals surface area contributed by atoms with E-state index < -0.39 is 13.7 Å². The molecule has 0 radical (unpaired) electrons. The van der Waals surface area contributed by atoms with Crippen molar-refractivity contribution in [2.24, 2.45) is 11.0 Å². The van der Waals surface area contributed by atoms with Crippen LogP contribution in [0.15, 0.2) is 138 Å². The number of aliphatic hydroxyl groups is 1. The Labute approximate surface area is 384 Å². The standard InChI is InChI=1S/C53H62N6O5Si/c1-36(2)15-14-16-37(3)29-32-58-48-27-21-41(59-50(61)28-26-46(55-59)40-19-12-9-13-20-40)33-45(48)53(52(58)62)38(4)51(65(6,7)43-24-22-42(63-5)23-25-43)49(64-53)30-31-57-34-47(54-56-57)44(35-60)39-17-10-8-11-18-39/h8-13,15,17-25,27,29,33-34,38,44,49,51,60H,14,16,26,28,30-32,35H2,1-7H3/b37-29+/t38-,44?,49+,51-,53+/m1/s1. The number of anilines is 2. The molecule has 1 saturated heterocycles. The fraction of sp³-hybridized carbons (Fsp3) is 0.377. The highest BCUT2D eigenvalue weighted by atomic mass is 28.3. The van der Waals surface area contributed by atoms with E-state index in [0.717, 1.165) is 46.7 Å². The average Bonchev–Trinajstić information content (AvgIpc) is 3.98. The van der Waals surface area contributed by atoms with E-state index in [1.54, 1.807) is 7.11 Å². The first-order valence-electron chi connectivity index (χ1n) is 22.9. The van der Waals surface area contributed by atoms with Crippen molar-refractivity contribution in [2.75, 3.05) is 30.2 Å². The number of carbonyl (C=O) groups is 2. The van der Waals surface area contributed by atoms with E-state index in [-0.39, 0.29) is 41.9 Å². The second kappa shape index (κ2) is 19.3. The van der Waals surface area contributed by atoms with Crippen molar-refractivity contribution in [1.82, 2.24) is 15.0 Å². The van der Waals surface area contributed by atoms with E-state index in [4.69, 9.17) is 14.6 Å². The van der Waals surface area contributed by atoms with Gasteiger partial charge in [-0.3, -0.25) is 14.3 Å². The fourth-order valence-electron chi connectivity index (χ4n) is 10.3. The number of amides is 2. The molecule has 3 aliphatic rings. The Hall–Kier alpha value is -5.95. The molecule has 1 unspecified atom stereocenters. The van der Waals surface area contributed by atoms with Crippen molar-refractivity contribution in [3.05, 3.63) is 155 Å². The highest BCUT2D eigenvalue weighted by Gasteiger charge is 2.66. The number of nitrogens with zero attached hydrogens (tertiary/aromatic N) is 6. The summed E-state index contributed by atoms with van der Waals surface area (Å²) in [7, 11) is -0.796. The zero-order chi connectivity index (χ0) is 45.9. The van der Waals surface area contributed by atoms with Crippen LogP contribution in [0, 0.1) is 5.92 Å². The molecular weight excluding hydrogens is 829 g/mol. The molecule has 1 N–H and O–H groups in total. The van der Waals surface area contributed by atoms with Crippen LogP contribution >= 0.6 is 0 Å². The zero-order valence-corrected chi connectivity index (χ0v) is 39.8. The third-order valence-corrected chi connectivity index (χ3v) is 18.2. The second-order valence-corrected chi connectivity index (χ2v) is 23.3. The SMILES string of the molecule is COc1ccc([Si](C)(C)[C@H]2[C@H](CCn3cc(C(CO)c4ccccc4)nn3)O[C@@]3(C(=O)N(C/C=C(\C)CCC=C(C)C)c4ccc(N5N=C(c6ccccc6)CCC5=O)cc43)[C@@H]2C)cc1. The number of methoxy groups -OCH3 is 1. The lowest BCUT2D eigenvalue weighted by Crippen LogP contribution is -2.52. The summed E-state index contributed by atoms with van der Waals surface area (Å²) in [6.45, 7) is 14.1. The number of rotatable bonds is 16. The summed E-state index contributed by atoms with van der Waals surface area (Å²) in [4.78, 5) is 31.3. The number of aliphatic hydroxyl groups excluding tert-OH is 1. The molecule has 1 fully saturated rings. The lowest BCUT2D eigenvalue weighted by Gasteiger charge is -2.37. The molecule has 3 aliphatic heterocycles. The predicted molar refractivity (Wildman–Crippen MR) is 261 cm³/mol. The van der Waals surface area contributed by atoms with Crippen LogP contribution in [-0.4, -0.2) is 72.1 Å². The van der Waals surface area contributed by atoms with E-state index >= 15 is 4.79 Å². The molecule has 8 rings (SSSR count). The maximum atomic E-state index is 15.7. The maximum absolute atomic E-state index is 15.7. The minimum Gasteiger partial charge on any atom is -0.497 e. The summed E-state index contributed by atoms with van der Waals surface area (Å²) < 4.78 is 14.9. The molecule has 2 amide bonds. The largest absolute Gasteiger partial charge is 0.497 e. The summed E-state index contributed by atoms with van der Waals surface area (Å²) >= 11 is 0. The highest BCUT2D eigenvalue weighted by Crippen LogP contribution is 2.60. The van der Waals surface area contributed by atoms with Gasteiger partial charge in [-0.15, -0.1) is 5.10 Å². The molecule has 1 spiro atoms. The molecule has 4 heterocycles. The van der Waals surface area contributed by atoms with Crippen LogP contribution < -0.4 is 19.8 Å². The van der Waals surface area contributed by atoms with Crippen LogP contribution in [0.1, 0.15) is 88.1 Å². The first-order valence-corrected chi connectivity index (χ1v) is 26.0. The molecular formula is C53H62N6O5Si. The molecule has 4 aromatic carbocycles. The first-order chi connectivity index (χ1) is 31.3. The Morgan fingerprint density at radius 1 is 0.954 bits per heavy atom. The molecule has 0 aliphatic carbocycles. The number of hydrogen-bond donors (Lipinski definition) is 1. The van der Waals surface area contributed by atoms with Gasteiger partial charge in [0, 0.05) is 43.6 Å². The van der Waals surface area contributed by atoms with E-state index in [2.05, 4.69) is 75.4 Å². The molecule has 12 heteroatoms. The number of aryl methyl sites for hydroxylation is 1. The summed E-state index contributed by atoms with van der Waals surface area (Å²) in [6.07, 6.45) is 9.27. The van der Waals surface area contributed by atoms with Gasteiger partial charge in [0.25, 0.3) is 5.91 Å². The second-order valence-electron chi connectivity index (χ2n) is 18.6. The summed E-state index contributed by atoms with van der Waals surface area (Å²) in [5.74, 6) is 0.0463. The number of ether oxygens (including phenoxy) is 2. The van der Waals surface area contributed by atoms with Crippen molar-refractivity contribution >= 4 is 42.2 Å². The summed E-state index contributed by atoms with van der Waals surface area (Å²) in [6, 6.07) is 34.1. The van der Waals surface area contributed by atoms with Gasteiger partial charge in [0.1, 0.15) is 5.75 Å². The van der Waals surface area contributed by atoms with Gasteiger partial charge in [-0.05, 0) is 87.0 Å². The Bertz CT molecular complexity index is 2590. The van der Waals surface area contributed by atoms with Crippen molar-refractivity contribution in [1.29, 1.82) is 0 Å². The highest BCUT2D eigenvalue weighted by molar-refractivity contribution is 6.91. The van der Waals surface area contributed by atoms with Crippen LogP contribution in [0.3, 0.4) is 0 Å². The number of hydrogen-bond acceptors (Lipinski definition) is 8. The molecule has 0 saturated carbocycles. The molecule has 5 atom stereocenters. The Morgan fingerprint density at radius 3 is 2.37 bits per heavy atom. The van der Waals surface area contributed by atoms with Gasteiger partial charge in [-0.25, -0.2) is 5.01 Å². The molecule has 0 bridgehead atoms. The van der Waals surface area contributed by atoms with Gasteiger partial charge < -0.3 is 19.5 Å². The minimum atomic E-state index is -2.47. The van der Waals surface area contributed by atoms with Crippen molar-refractivity contribution < 1.29 is 24.2 Å². The Balaban J connectivity index is 1.20. The van der Waals surface area contributed by atoms with Gasteiger partial charge in [0.05, 0.1) is 56.6 Å². The lowest BCUT2D eigenvalue weighted by atomic mass is 9.82. The van der Waals surface area contributed by atoms with Gasteiger partial charge in [-0.2, -0.15) is 5.10 Å². The maximum Gasteiger partial charge on any atom is 0.264 e. The smallest absolute Gasteiger partial charge is 0.264 e. The van der Waals surface area contributed by atoms with Crippen LogP contribution in [-0.2, 0) is 26.5 Å². The third kappa shape index (κ3) is 9.04. The molecule has 11 nitrogen and oxygen atoms in total. The topological polar surface area (TPSA) is 122 Å². The van der Waals surface area contributed by atoms with E-state index in [9.17, 15) is 9.90 Å². The third-order valence-electron chi connectivity index (χ3n) is 13.9. The van der Waals surface area contributed by atoms with Crippen LogP contribution in [0.4, 0.5) is 11.4 Å². The number of benzene rings is 4. The van der Waals surface area contributed by atoms with Gasteiger partial charge in [0.15, 0.2) is 5.60 Å². The lowest BCUT2D eigenvalue weighted by molar-refractivity contribution is -0.145. The molecule has 65 heavy (non-hydrogen) atoms. The zero-order valence-electron chi connectivity index (χ0n) is 38.8. The van der Waals surface area contributed by atoms with Gasteiger partial charge >= 0.3 is 0 Å². The number of carbonyl (C=O) groups excluding carboxylic acids is 2. The number of fused-ring (bicyclic) bond motifs is 2. The predicted octanol–water partition coefficient (Wildman–Crippen LogP) is 9.29. The molecule has 5 aromatic rings. The monoisotopic (exact) mass is 890 g/mol. The number of hydrazone groups is 1. The quantitative estimate of drug-likeness (QED) is 0.0775. The van der Waals surface area contributed by atoms with E-state index in [1.807, 2.05) is 107 Å². The normalized spacial score (nSPS) is 21.4. The van der Waals surface area contributed by atoms with Crippen LogP contribution in [0.5, 0.6) is 5.75 Å².